The summed E-state index contributed by atoms with van der Waals surface area (Å²) in [7, 11) is 0. The molecule has 0 aliphatic carbocycles. The Morgan fingerprint density at radius 3 is 2.33 bits per heavy atom. The summed E-state index contributed by atoms with van der Waals surface area (Å²) in [4.78, 5) is 12.8. The van der Waals surface area contributed by atoms with Gasteiger partial charge in [0.1, 0.15) is 0 Å². The van der Waals surface area contributed by atoms with Gasteiger partial charge < -0.3 is 9.97 Å². The van der Waals surface area contributed by atoms with Crippen LogP contribution in [0.4, 0.5) is 0 Å². The molecule has 0 aromatic carbocycles. The fourth-order valence-corrected chi connectivity index (χ4v) is 4.83. The minimum atomic E-state index is 0.0642. The van der Waals surface area contributed by atoms with Crippen LogP contribution < -0.4 is 0 Å². The molecule has 0 spiro atoms. The van der Waals surface area contributed by atoms with E-state index in [1.807, 2.05) is 23.9 Å². The van der Waals surface area contributed by atoms with Gasteiger partial charge in [-0.3, -0.25) is 0 Å². The molecule has 3 rings (SSSR count). The molecule has 2 N–H and O–H groups in total. The van der Waals surface area contributed by atoms with E-state index in [2.05, 4.69) is 87.0 Å². The summed E-state index contributed by atoms with van der Waals surface area (Å²) in [5.41, 5.74) is 5.40. The molecule has 0 radical (unpaired) electrons. The number of nitrogens with zero attached hydrogens (tertiary/aromatic N) is 1. The van der Waals surface area contributed by atoms with Crippen molar-refractivity contribution in [3.05, 3.63) is 63.6 Å². The van der Waals surface area contributed by atoms with Gasteiger partial charge in [-0.25, -0.2) is 4.98 Å². The van der Waals surface area contributed by atoms with Gasteiger partial charge in [0.25, 0.3) is 0 Å². The third-order valence-corrected chi connectivity index (χ3v) is 6.72. The number of imidazole rings is 1. The highest BCUT2D eigenvalue weighted by atomic mass is 32.1. The number of aromatic nitrogens is 3. The Labute approximate surface area is 167 Å². The summed E-state index contributed by atoms with van der Waals surface area (Å²) in [5, 5.41) is 2.33. The zero-order chi connectivity index (χ0) is 19.9. The lowest BCUT2D eigenvalue weighted by Gasteiger charge is -2.26. The van der Waals surface area contributed by atoms with Crippen LogP contribution in [0.5, 0.6) is 0 Å². The molecule has 0 unspecified atom stereocenters. The van der Waals surface area contributed by atoms with E-state index in [0.29, 0.717) is 0 Å². The largest absolute Gasteiger partial charge is 0.365 e. The number of aromatic amines is 2. The Bertz CT molecular complexity index is 873. The molecule has 3 heterocycles. The van der Waals surface area contributed by atoms with Gasteiger partial charge in [-0.05, 0) is 35.6 Å². The molecule has 0 aliphatic rings. The Morgan fingerprint density at radius 2 is 1.70 bits per heavy atom. The van der Waals surface area contributed by atoms with E-state index in [1.54, 1.807) is 0 Å². The van der Waals surface area contributed by atoms with E-state index in [9.17, 15) is 0 Å². The van der Waals surface area contributed by atoms with Crippen molar-refractivity contribution < 1.29 is 0 Å². The SMILES string of the molecule is CC(C)(C)c1[nH]cnc1CC(C)(C)c1cc(CC(C)(C)c2ccc[nH]2)cs1. The molecule has 3 nitrogen and oxygen atoms in total. The summed E-state index contributed by atoms with van der Waals surface area (Å²) < 4.78 is 0. The van der Waals surface area contributed by atoms with E-state index >= 15 is 0 Å². The molecule has 0 saturated heterocycles. The molecule has 4 heteroatoms. The quantitative estimate of drug-likeness (QED) is 0.528. The highest BCUT2D eigenvalue weighted by Crippen LogP contribution is 2.36. The number of H-pyrrole nitrogens is 2. The molecule has 0 saturated carbocycles. The van der Waals surface area contributed by atoms with Crippen LogP contribution in [0, 0.1) is 0 Å². The predicted molar refractivity (Wildman–Crippen MR) is 116 cm³/mol. The van der Waals surface area contributed by atoms with Gasteiger partial charge in [0, 0.05) is 45.1 Å². The van der Waals surface area contributed by atoms with Crippen molar-refractivity contribution >= 4 is 11.3 Å². The lowest BCUT2D eigenvalue weighted by atomic mass is 9.80. The fraction of sp³-hybridized carbons (Fsp3) is 0.522. The van der Waals surface area contributed by atoms with Crippen LogP contribution >= 0.6 is 11.3 Å². The van der Waals surface area contributed by atoms with Gasteiger partial charge in [0.15, 0.2) is 0 Å². The summed E-state index contributed by atoms with van der Waals surface area (Å²) in [6.07, 6.45) is 5.83. The third kappa shape index (κ3) is 4.37. The van der Waals surface area contributed by atoms with Crippen LogP contribution in [0.2, 0.25) is 0 Å². The fourth-order valence-electron chi connectivity index (χ4n) is 3.79. The lowest BCUT2D eigenvalue weighted by molar-refractivity contribution is 0.499. The number of nitrogens with one attached hydrogen (secondary N) is 2. The highest BCUT2D eigenvalue weighted by Gasteiger charge is 2.29. The minimum Gasteiger partial charge on any atom is -0.365 e. The molecule has 0 atom stereocenters. The maximum absolute atomic E-state index is 4.64. The second-order valence-electron chi connectivity index (χ2n) is 10.00. The van der Waals surface area contributed by atoms with Crippen molar-refractivity contribution in [1.82, 2.24) is 15.0 Å². The Balaban J connectivity index is 1.78. The van der Waals surface area contributed by atoms with Gasteiger partial charge >= 0.3 is 0 Å². The maximum Gasteiger partial charge on any atom is 0.0925 e. The van der Waals surface area contributed by atoms with E-state index < -0.39 is 0 Å². The van der Waals surface area contributed by atoms with Crippen LogP contribution in [0.15, 0.2) is 36.1 Å². The average molecular weight is 384 g/mol. The molecule has 0 amide bonds. The molecule has 3 aromatic rings. The van der Waals surface area contributed by atoms with E-state index in [4.69, 9.17) is 0 Å². The van der Waals surface area contributed by atoms with E-state index in [0.717, 1.165) is 12.8 Å². The van der Waals surface area contributed by atoms with Gasteiger partial charge in [0.05, 0.1) is 12.0 Å². The first-order valence-electron chi connectivity index (χ1n) is 9.73. The molecular formula is C23H33N3S. The third-order valence-electron chi connectivity index (χ3n) is 5.37. The second kappa shape index (κ2) is 6.97. The van der Waals surface area contributed by atoms with Crippen LogP contribution in [0.25, 0.3) is 0 Å². The van der Waals surface area contributed by atoms with Crippen molar-refractivity contribution in [2.45, 2.75) is 77.6 Å². The van der Waals surface area contributed by atoms with Crippen LogP contribution in [-0.2, 0) is 29.1 Å². The van der Waals surface area contributed by atoms with Gasteiger partial charge in [-0.15, -0.1) is 11.3 Å². The van der Waals surface area contributed by atoms with Gasteiger partial charge in [-0.1, -0.05) is 48.5 Å². The molecule has 0 bridgehead atoms. The van der Waals surface area contributed by atoms with E-state index in [1.165, 1.54) is 27.5 Å². The topological polar surface area (TPSA) is 44.5 Å². The standard InChI is InChI=1S/C23H33N3S/c1-21(2,3)20-17(25-15-26-20)13-23(6,7)19-11-16(14-27-19)12-22(4,5)18-9-8-10-24-18/h8-11,14-15,24H,12-13H2,1-7H3,(H,25,26). The summed E-state index contributed by atoms with van der Waals surface area (Å²) in [5.74, 6) is 0. The summed E-state index contributed by atoms with van der Waals surface area (Å²) >= 11 is 1.88. The van der Waals surface area contributed by atoms with Crippen molar-refractivity contribution in [2.75, 3.05) is 0 Å². The summed E-state index contributed by atoms with van der Waals surface area (Å²) in [6, 6.07) is 6.66. The first-order valence-corrected chi connectivity index (χ1v) is 10.6. The number of rotatable bonds is 6. The number of hydrogen-bond acceptors (Lipinski definition) is 2. The second-order valence-corrected chi connectivity index (χ2v) is 10.9. The first-order chi connectivity index (χ1) is 12.5. The van der Waals surface area contributed by atoms with Gasteiger partial charge in [0.2, 0.25) is 0 Å². The van der Waals surface area contributed by atoms with E-state index in [-0.39, 0.29) is 16.2 Å². The number of hydrogen-bond donors (Lipinski definition) is 2. The molecule has 146 valence electrons. The maximum atomic E-state index is 4.64. The van der Waals surface area contributed by atoms with Crippen LogP contribution in [0.3, 0.4) is 0 Å². The zero-order valence-corrected chi connectivity index (χ0v) is 18.6. The molecule has 27 heavy (non-hydrogen) atoms. The normalized spacial score (nSPS) is 13.3. The predicted octanol–water partition coefficient (Wildman–Crippen LogP) is 6.14. The molecule has 3 aromatic heterocycles. The van der Waals surface area contributed by atoms with Gasteiger partial charge in [-0.2, -0.15) is 0 Å². The highest BCUT2D eigenvalue weighted by molar-refractivity contribution is 7.10. The Morgan fingerprint density at radius 1 is 0.963 bits per heavy atom. The molecule has 0 fully saturated rings. The van der Waals surface area contributed by atoms with Crippen LogP contribution in [0.1, 0.15) is 76.0 Å². The van der Waals surface area contributed by atoms with Crippen molar-refractivity contribution in [3.63, 3.8) is 0 Å². The minimum absolute atomic E-state index is 0.0642. The van der Waals surface area contributed by atoms with Crippen molar-refractivity contribution in [1.29, 1.82) is 0 Å². The first kappa shape index (κ1) is 19.9. The monoisotopic (exact) mass is 383 g/mol. The van der Waals surface area contributed by atoms with Crippen molar-refractivity contribution in [2.24, 2.45) is 0 Å². The lowest BCUT2D eigenvalue weighted by Crippen LogP contribution is -2.23. The molecular weight excluding hydrogens is 350 g/mol. The number of thiophene rings is 1. The van der Waals surface area contributed by atoms with Crippen LogP contribution in [-0.4, -0.2) is 15.0 Å². The Hall–Kier alpha value is -1.81. The molecule has 0 aliphatic heterocycles. The van der Waals surface area contributed by atoms with Crippen molar-refractivity contribution in [3.8, 4) is 0 Å². The zero-order valence-electron chi connectivity index (χ0n) is 17.7. The smallest absolute Gasteiger partial charge is 0.0925 e. The average Bonchev–Trinajstić information content (AvgIpc) is 3.27. The summed E-state index contributed by atoms with van der Waals surface area (Å²) in [6.45, 7) is 16.0. The Kier molecular flexibility index (Phi) is 5.15.